The molecule has 2 rings (SSSR count). The highest BCUT2D eigenvalue weighted by Gasteiger charge is 2.10. The molecular weight excluding hydrogens is 292 g/mol. The zero-order chi connectivity index (χ0) is 16.7. The van der Waals surface area contributed by atoms with Gasteiger partial charge in [0.1, 0.15) is 5.69 Å². The average molecular weight is 314 g/mol. The van der Waals surface area contributed by atoms with Crippen LogP contribution in [0.2, 0.25) is 0 Å². The van der Waals surface area contributed by atoms with E-state index in [1.54, 1.807) is 18.3 Å². The molecule has 0 aliphatic heterocycles. The van der Waals surface area contributed by atoms with E-state index in [0.717, 1.165) is 12.0 Å². The van der Waals surface area contributed by atoms with Crippen molar-refractivity contribution in [3.63, 3.8) is 0 Å². The first-order valence-corrected chi connectivity index (χ1v) is 7.72. The number of H-pyrrole nitrogens is 1. The molecule has 1 heterocycles. The van der Waals surface area contributed by atoms with E-state index in [2.05, 4.69) is 48.4 Å². The number of carbonyl (C=O) groups is 2. The van der Waals surface area contributed by atoms with Gasteiger partial charge < -0.3 is 15.0 Å². The number of rotatable bonds is 7. The number of hydrogen-bond donors (Lipinski definition) is 2. The summed E-state index contributed by atoms with van der Waals surface area (Å²) >= 11 is 0. The highest BCUT2D eigenvalue weighted by molar-refractivity contribution is 5.89. The molecular formula is C18H22N2O3. The van der Waals surface area contributed by atoms with E-state index in [4.69, 9.17) is 4.74 Å². The van der Waals surface area contributed by atoms with E-state index in [-0.39, 0.29) is 12.5 Å². The van der Waals surface area contributed by atoms with Gasteiger partial charge in [-0.15, -0.1) is 0 Å². The van der Waals surface area contributed by atoms with Crippen LogP contribution >= 0.6 is 0 Å². The topological polar surface area (TPSA) is 71.2 Å². The molecule has 0 saturated carbocycles. The zero-order valence-electron chi connectivity index (χ0n) is 13.5. The zero-order valence-corrected chi connectivity index (χ0v) is 13.5. The summed E-state index contributed by atoms with van der Waals surface area (Å²) < 4.78 is 4.91. The number of aromatic amines is 1. The Bertz CT molecular complexity index is 631. The third-order valence-electron chi connectivity index (χ3n) is 3.53. The van der Waals surface area contributed by atoms with Gasteiger partial charge in [0, 0.05) is 12.7 Å². The number of hydrogen-bond acceptors (Lipinski definition) is 3. The van der Waals surface area contributed by atoms with Gasteiger partial charge in [-0.25, -0.2) is 4.79 Å². The van der Waals surface area contributed by atoms with Crippen molar-refractivity contribution in [3.8, 4) is 0 Å². The summed E-state index contributed by atoms with van der Waals surface area (Å²) in [6, 6.07) is 11.7. The van der Waals surface area contributed by atoms with Gasteiger partial charge >= 0.3 is 5.97 Å². The summed E-state index contributed by atoms with van der Waals surface area (Å²) in [5, 5.41) is 2.74. The molecule has 1 amide bonds. The van der Waals surface area contributed by atoms with Crippen molar-refractivity contribution in [2.24, 2.45) is 0 Å². The van der Waals surface area contributed by atoms with Crippen molar-refractivity contribution in [1.82, 2.24) is 10.3 Å². The molecule has 5 nitrogen and oxygen atoms in total. The molecule has 2 aromatic rings. The fourth-order valence-corrected chi connectivity index (χ4v) is 2.13. The molecule has 122 valence electrons. The second kappa shape index (κ2) is 8.17. The molecule has 5 heteroatoms. The van der Waals surface area contributed by atoms with Crippen LogP contribution in [0.25, 0.3) is 0 Å². The summed E-state index contributed by atoms with van der Waals surface area (Å²) in [7, 11) is 0. The first-order chi connectivity index (χ1) is 11.1. The molecule has 23 heavy (non-hydrogen) atoms. The van der Waals surface area contributed by atoms with Gasteiger partial charge in [0.2, 0.25) is 0 Å². The molecule has 0 aliphatic rings. The van der Waals surface area contributed by atoms with Gasteiger partial charge in [0.25, 0.3) is 5.91 Å². The standard InChI is InChI=1S/C18H22N2O3/c1-13(2)15-7-5-14(6-8-15)9-11-20-17(21)12-23-18(22)16-4-3-10-19-16/h3-8,10,13,19H,9,11-12H2,1-2H3,(H,20,21). The lowest BCUT2D eigenvalue weighted by molar-refractivity contribution is -0.124. The smallest absolute Gasteiger partial charge is 0.355 e. The van der Waals surface area contributed by atoms with Crippen LogP contribution in [-0.4, -0.2) is 30.0 Å². The Morgan fingerprint density at radius 3 is 2.52 bits per heavy atom. The maximum absolute atomic E-state index is 11.7. The third kappa shape index (κ3) is 5.29. The van der Waals surface area contributed by atoms with Crippen LogP contribution in [0.4, 0.5) is 0 Å². The Balaban J connectivity index is 1.67. The minimum atomic E-state index is -0.533. The molecule has 0 atom stereocenters. The van der Waals surface area contributed by atoms with E-state index in [1.807, 2.05) is 0 Å². The summed E-state index contributed by atoms with van der Waals surface area (Å²) in [5.41, 5.74) is 2.80. The van der Waals surface area contributed by atoms with Crippen LogP contribution in [0.5, 0.6) is 0 Å². The number of ether oxygens (including phenoxy) is 1. The monoisotopic (exact) mass is 314 g/mol. The van der Waals surface area contributed by atoms with Crippen LogP contribution in [-0.2, 0) is 16.0 Å². The van der Waals surface area contributed by atoms with E-state index < -0.39 is 5.97 Å². The Morgan fingerprint density at radius 2 is 1.91 bits per heavy atom. The second-order valence-electron chi connectivity index (χ2n) is 5.66. The normalized spacial score (nSPS) is 10.6. The first-order valence-electron chi connectivity index (χ1n) is 7.72. The lowest BCUT2D eigenvalue weighted by Crippen LogP contribution is -2.30. The van der Waals surface area contributed by atoms with Gasteiger partial charge in [-0.2, -0.15) is 0 Å². The van der Waals surface area contributed by atoms with E-state index in [0.29, 0.717) is 18.2 Å². The number of esters is 1. The van der Waals surface area contributed by atoms with Crippen LogP contribution in [0.1, 0.15) is 41.4 Å². The van der Waals surface area contributed by atoms with Crippen LogP contribution in [0.15, 0.2) is 42.6 Å². The van der Waals surface area contributed by atoms with Crippen LogP contribution < -0.4 is 5.32 Å². The molecule has 0 saturated heterocycles. The molecule has 0 fully saturated rings. The fraction of sp³-hybridized carbons (Fsp3) is 0.333. The highest BCUT2D eigenvalue weighted by Crippen LogP contribution is 2.14. The highest BCUT2D eigenvalue weighted by atomic mass is 16.5. The molecule has 0 unspecified atom stereocenters. The Kier molecular flexibility index (Phi) is 5.97. The van der Waals surface area contributed by atoms with E-state index in [1.165, 1.54) is 5.56 Å². The predicted molar refractivity (Wildman–Crippen MR) is 88.3 cm³/mol. The van der Waals surface area contributed by atoms with E-state index >= 15 is 0 Å². The Morgan fingerprint density at radius 1 is 1.17 bits per heavy atom. The first kappa shape index (κ1) is 16.8. The lowest BCUT2D eigenvalue weighted by Gasteiger charge is -2.08. The SMILES string of the molecule is CC(C)c1ccc(CCNC(=O)COC(=O)c2ccc[nH]2)cc1. The summed E-state index contributed by atoms with van der Waals surface area (Å²) in [5.74, 6) is -0.323. The number of amides is 1. The Labute approximate surface area is 136 Å². The summed E-state index contributed by atoms with van der Waals surface area (Å²) in [6.45, 7) is 4.55. The molecule has 0 aliphatic carbocycles. The molecule has 0 bridgehead atoms. The van der Waals surface area contributed by atoms with Crippen molar-refractivity contribution in [2.75, 3.05) is 13.2 Å². The van der Waals surface area contributed by atoms with Crippen molar-refractivity contribution < 1.29 is 14.3 Å². The predicted octanol–water partition coefficient (Wildman–Crippen LogP) is 2.65. The molecule has 0 spiro atoms. The molecule has 2 N–H and O–H groups in total. The second-order valence-corrected chi connectivity index (χ2v) is 5.66. The Hall–Kier alpha value is -2.56. The van der Waals surface area contributed by atoms with Crippen LogP contribution in [0, 0.1) is 0 Å². The largest absolute Gasteiger partial charge is 0.451 e. The molecule has 0 radical (unpaired) electrons. The minimum Gasteiger partial charge on any atom is -0.451 e. The average Bonchev–Trinajstić information content (AvgIpc) is 3.07. The molecule has 1 aromatic carbocycles. The molecule has 1 aromatic heterocycles. The maximum atomic E-state index is 11.7. The fourth-order valence-electron chi connectivity index (χ4n) is 2.13. The van der Waals surface area contributed by atoms with Crippen LogP contribution in [0.3, 0.4) is 0 Å². The lowest BCUT2D eigenvalue weighted by atomic mass is 10.0. The summed E-state index contributed by atoms with van der Waals surface area (Å²) in [6.07, 6.45) is 2.37. The number of benzene rings is 1. The quantitative estimate of drug-likeness (QED) is 0.772. The minimum absolute atomic E-state index is 0.274. The summed E-state index contributed by atoms with van der Waals surface area (Å²) in [4.78, 5) is 25.9. The van der Waals surface area contributed by atoms with Crippen molar-refractivity contribution in [2.45, 2.75) is 26.2 Å². The number of nitrogens with one attached hydrogen (secondary N) is 2. The van der Waals surface area contributed by atoms with Gasteiger partial charge in [-0.05, 0) is 35.6 Å². The number of aromatic nitrogens is 1. The van der Waals surface area contributed by atoms with Gasteiger partial charge in [-0.1, -0.05) is 38.1 Å². The third-order valence-corrected chi connectivity index (χ3v) is 3.53. The van der Waals surface area contributed by atoms with Crippen molar-refractivity contribution >= 4 is 11.9 Å². The van der Waals surface area contributed by atoms with Gasteiger partial charge in [0.05, 0.1) is 0 Å². The van der Waals surface area contributed by atoms with Gasteiger partial charge in [0.15, 0.2) is 6.61 Å². The van der Waals surface area contributed by atoms with Crippen molar-refractivity contribution in [3.05, 3.63) is 59.4 Å². The van der Waals surface area contributed by atoms with E-state index in [9.17, 15) is 9.59 Å². The van der Waals surface area contributed by atoms with Crippen molar-refractivity contribution in [1.29, 1.82) is 0 Å². The maximum Gasteiger partial charge on any atom is 0.355 e. The van der Waals surface area contributed by atoms with Gasteiger partial charge in [-0.3, -0.25) is 4.79 Å². The number of carbonyl (C=O) groups excluding carboxylic acids is 2.